The topological polar surface area (TPSA) is 55.1 Å². The van der Waals surface area contributed by atoms with Crippen LogP contribution in [-0.2, 0) is 0 Å². The van der Waals surface area contributed by atoms with Gasteiger partial charge in [-0.3, -0.25) is 4.98 Å². The number of nitrogens with zero attached hydrogens (tertiary/aromatic N) is 2. The van der Waals surface area contributed by atoms with Crippen LogP contribution in [0.1, 0.15) is 5.56 Å². The molecule has 0 atom stereocenters. The Bertz CT molecular complexity index is 603. The third kappa shape index (κ3) is 2.11. The van der Waals surface area contributed by atoms with E-state index >= 15 is 0 Å². The smallest absolute Gasteiger partial charge is 0.127 e. The molecule has 0 N–H and O–H groups in total. The fraction of sp³-hybridized carbons (Fsp3) is 0.143. The second-order valence-corrected chi connectivity index (χ2v) is 3.60. The molecule has 0 saturated heterocycles. The Morgan fingerprint density at radius 2 is 1.94 bits per heavy atom. The first-order chi connectivity index (χ1) is 8.80. The molecule has 1 aromatic carbocycles. The molecule has 90 valence electrons. The fourth-order valence-corrected chi connectivity index (χ4v) is 1.74. The summed E-state index contributed by atoms with van der Waals surface area (Å²) >= 11 is 0. The predicted molar refractivity (Wildman–Crippen MR) is 67.5 cm³/mol. The summed E-state index contributed by atoms with van der Waals surface area (Å²) in [5.41, 5.74) is 2.10. The number of hydrogen-bond donors (Lipinski definition) is 0. The zero-order valence-corrected chi connectivity index (χ0v) is 10.2. The van der Waals surface area contributed by atoms with Crippen molar-refractivity contribution >= 4 is 0 Å². The standard InChI is InChI=1S/C14H12N2O2/c1-17-11-3-4-14(18-2)13(7-11)12-5-6-16-9-10(12)8-15/h3-7,9H,1-2H3. The van der Waals surface area contributed by atoms with E-state index < -0.39 is 0 Å². The SMILES string of the molecule is COc1ccc(OC)c(-c2ccncc2C#N)c1. The van der Waals surface area contributed by atoms with Gasteiger partial charge in [0.15, 0.2) is 0 Å². The van der Waals surface area contributed by atoms with E-state index in [1.165, 1.54) is 6.20 Å². The van der Waals surface area contributed by atoms with Gasteiger partial charge in [0.05, 0.1) is 19.8 Å². The molecule has 0 saturated carbocycles. The molecule has 0 bridgehead atoms. The van der Waals surface area contributed by atoms with Gasteiger partial charge in [-0.1, -0.05) is 0 Å². The average Bonchev–Trinajstić information content (AvgIpc) is 2.46. The molecular weight excluding hydrogens is 228 g/mol. The van der Waals surface area contributed by atoms with Gasteiger partial charge in [-0.15, -0.1) is 0 Å². The first kappa shape index (κ1) is 11.9. The highest BCUT2D eigenvalue weighted by atomic mass is 16.5. The molecule has 1 aromatic heterocycles. The molecule has 0 aliphatic carbocycles. The van der Waals surface area contributed by atoms with Crippen LogP contribution in [0, 0.1) is 11.3 Å². The van der Waals surface area contributed by atoms with Gasteiger partial charge in [-0.25, -0.2) is 0 Å². The second kappa shape index (κ2) is 5.19. The van der Waals surface area contributed by atoms with Crippen LogP contribution >= 0.6 is 0 Å². The normalized spacial score (nSPS) is 9.61. The average molecular weight is 240 g/mol. The van der Waals surface area contributed by atoms with E-state index in [4.69, 9.17) is 14.7 Å². The van der Waals surface area contributed by atoms with Crippen LogP contribution < -0.4 is 9.47 Å². The van der Waals surface area contributed by atoms with E-state index in [1.54, 1.807) is 26.5 Å². The fourth-order valence-electron chi connectivity index (χ4n) is 1.74. The lowest BCUT2D eigenvalue weighted by atomic mass is 10.0. The molecule has 0 amide bonds. The Hall–Kier alpha value is -2.54. The largest absolute Gasteiger partial charge is 0.497 e. The summed E-state index contributed by atoms with van der Waals surface area (Å²) in [4.78, 5) is 3.95. The van der Waals surface area contributed by atoms with E-state index in [0.29, 0.717) is 17.1 Å². The van der Waals surface area contributed by atoms with Gasteiger partial charge < -0.3 is 9.47 Å². The summed E-state index contributed by atoms with van der Waals surface area (Å²) in [6.07, 6.45) is 3.18. The third-order valence-corrected chi connectivity index (χ3v) is 2.64. The van der Waals surface area contributed by atoms with Gasteiger partial charge in [-0.2, -0.15) is 5.26 Å². The van der Waals surface area contributed by atoms with Gasteiger partial charge in [0, 0.05) is 23.5 Å². The lowest BCUT2D eigenvalue weighted by Gasteiger charge is -2.11. The Kier molecular flexibility index (Phi) is 3.44. The molecule has 0 aliphatic heterocycles. The molecule has 18 heavy (non-hydrogen) atoms. The molecule has 0 radical (unpaired) electrons. The molecule has 2 rings (SSSR count). The number of aromatic nitrogens is 1. The van der Waals surface area contributed by atoms with Gasteiger partial charge in [0.1, 0.15) is 17.6 Å². The van der Waals surface area contributed by atoms with Crippen LogP contribution in [0.5, 0.6) is 11.5 Å². The van der Waals surface area contributed by atoms with Gasteiger partial charge in [0.2, 0.25) is 0 Å². The molecule has 0 fully saturated rings. The molecule has 1 heterocycles. The minimum absolute atomic E-state index is 0.504. The lowest BCUT2D eigenvalue weighted by molar-refractivity contribution is 0.404. The number of rotatable bonds is 3. The van der Waals surface area contributed by atoms with Gasteiger partial charge >= 0.3 is 0 Å². The molecule has 4 nitrogen and oxygen atoms in total. The van der Waals surface area contributed by atoms with Crippen molar-refractivity contribution in [1.29, 1.82) is 5.26 Å². The van der Waals surface area contributed by atoms with Crippen molar-refractivity contribution in [3.63, 3.8) is 0 Å². The van der Waals surface area contributed by atoms with Crippen LogP contribution in [0.4, 0.5) is 0 Å². The van der Waals surface area contributed by atoms with Crippen molar-refractivity contribution in [3.05, 3.63) is 42.2 Å². The third-order valence-electron chi connectivity index (χ3n) is 2.64. The van der Waals surface area contributed by atoms with Gasteiger partial charge in [-0.05, 0) is 24.3 Å². The van der Waals surface area contributed by atoms with Crippen LogP contribution in [0.3, 0.4) is 0 Å². The van der Waals surface area contributed by atoms with Crippen molar-refractivity contribution in [2.75, 3.05) is 14.2 Å². The molecule has 2 aromatic rings. The maximum atomic E-state index is 9.11. The Balaban J connectivity index is 2.65. The van der Waals surface area contributed by atoms with Crippen molar-refractivity contribution in [1.82, 2.24) is 4.98 Å². The highest BCUT2D eigenvalue weighted by Crippen LogP contribution is 2.34. The number of hydrogen-bond acceptors (Lipinski definition) is 4. The second-order valence-electron chi connectivity index (χ2n) is 3.60. The number of pyridine rings is 1. The summed E-state index contributed by atoms with van der Waals surface area (Å²) in [6.45, 7) is 0. The van der Waals surface area contributed by atoms with Crippen LogP contribution in [0.25, 0.3) is 11.1 Å². The predicted octanol–water partition coefficient (Wildman–Crippen LogP) is 2.64. The van der Waals surface area contributed by atoms with Gasteiger partial charge in [0.25, 0.3) is 0 Å². The summed E-state index contributed by atoms with van der Waals surface area (Å²) in [5, 5.41) is 9.11. The van der Waals surface area contributed by atoms with E-state index in [9.17, 15) is 0 Å². The van der Waals surface area contributed by atoms with Crippen molar-refractivity contribution in [2.45, 2.75) is 0 Å². The maximum Gasteiger partial charge on any atom is 0.127 e. The molecule has 0 unspecified atom stereocenters. The quantitative estimate of drug-likeness (QED) is 0.827. The van der Waals surface area contributed by atoms with E-state index in [2.05, 4.69) is 11.1 Å². The molecule has 0 aliphatic rings. The monoisotopic (exact) mass is 240 g/mol. The van der Waals surface area contributed by atoms with Crippen LogP contribution in [0.2, 0.25) is 0 Å². The first-order valence-electron chi connectivity index (χ1n) is 5.36. The molecular formula is C14H12N2O2. The van der Waals surface area contributed by atoms with Crippen LogP contribution in [0.15, 0.2) is 36.7 Å². The minimum atomic E-state index is 0.504. The minimum Gasteiger partial charge on any atom is -0.497 e. The molecule has 0 spiro atoms. The number of nitriles is 1. The Labute approximate surface area is 105 Å². The highest BCUT2D eigenvalue weighted by molar-refractivity contribution is 5.76. The van der Waals surface area contributed by atoms with Crippen molar-refractivity contribution in [2.24, 2.45) is 0 Å². The maximum absolute atomic E-state index is 9.11. The summed E-state index contributed by atoms with van der Waals surface area (Å²) in [6, 6.07) is 9.38. The van der Waals surface area contributed by atoms with Crippen LogP contribution in [-0.4, -0.2) is 19.2 Å². The van der Waals surface area contributed by atoms with E-state index in [0.717, 1.165) is 11.1 Å². The van der Waals surface area contributed by atoms with E-state index in [1.807, 2.05) is 18.2 Å². The zero-order chi connectivity index (χ0) is 13.0. The lowest BCUT2D eigenvalue weighted by Crippen LogP contribution is -1.92. The number of methoxy groups -OCH3 is 2. The van der Waals surface area contributed by atoms with E-state index in [-0.39, 0.29) is 0 Å². The Morgan fingerprint density at radius 1 is 1.11 bits per heavy atom. The zero-order valence-electron chi connectivity index (χ0n) is 10.2. The van der Waals surface area contributed by atoms with Crippen molar-refractivity contribution < 1.29 is 9.47 Å². The number of ether oxygens (including phenoxy) is 2. The molecule has 4 heteroatoms. The summed E-state index contributed by atoms with van der Waals surface area (Å²) in [5.74, 6) is 1.41. The summed E-state index contributed by atoms with van der Waals surface area (Å²) in [7, 11) is 3.20. The summed E-state index contributed by atoms with van der Waals surface area (Å²) < 4.78 is 10.5. The number of benzene rings is 1. The Morgan fingerprint density at radius 3 is 2.61 bits per heavy atom. The highest BCUT2D eigenvalue weighted by Gasteiger charge is 2.11. The first-order valence-corrected chi connectivity index (χ1v) is 5.36. The van der Waals surface area contributed by atoms with Crippen molar-refractivity contribution in [3.8, 4) is 28.7 Å².